The monoisotopic (exact) mass is 334 g/mol. The van der Waals surface area contributed by atoms with E-state index in [1.807, 2.05) is 17.7 Å². The zero-order valence-corrected chi connectivity index (χ0v) is 14.4. The van der Waals surface area contributed by atoms with Crippen LogP contribution in [0.2, 0.25) is 0 Å². The number of aromatic nitrogens is 4. The van der Waals surface area contributed by atoms with Crippen LogP contribution in [0.1, 0.15) is 30.4 Å². The first-order valence-corrected chi connectivity index (χ1v) is 7.78. The third kappa shape index (κ3) is 3.61. The largest absolute Gasteiger partial charge is 0.340 e. The minimum absolute atomic E-state index is 0.0163. The Kier molecular flexibility index (Phi) is 5.32. The number of carbonyl (C=O) groups excluding carboxylic acids is 1. The molecule has 0 aromatic carbocycles. The number of nitro groups is 1. The zero-order valence-electron chi connectivity index (χ0n) is 14.4. The first-order valence-electron chi connectivity index (χ1n) is 7.78. The van der Waals surface area contributed by atoms with Crippen LogP contribution in [0.25, 0.3) is 0 Å². The molecule has 0 saturated heterocycles. The van der Waals surface area contributed by atoms with Crippen LogP contribution in [0.4, 0.5) is 5.69 Å². The summed E-state index contributed by atoms with van der Waals surface area (Å²) in [6, 6.07) is 1.89. The lowest BCUT2D eigenvalue weighted by Gasteiger charge is -2.18. The van der Waals surface area contributed by atoms with Crippen LogP contribution >= 0.6 is 0 Å². The van der Waals surface area contributed by atoms with Crippen LogP contribution in [0, 0.1) is 24.0 Å². The maximum Gasteiger partial charge on any atom is 0.312 e. The summed E-state index contributed by atoms with van der Waals surface area (Å²) in [7, 11) is 1.74. The van der Waals surface area contributed by atoms with Gasteiger partial charge in [-0.3, -0.25) is 24.3 Å². The molecule has 0 radical (unpaired) electrons. The number of hydrogen-bond acceptors (Lipinski definition) is 5. The summed E-state index contributed by atoms with van der Waals surface area (Å²) in [6.07, 6.45) is 1.95. The van der Waals surface area contributed by atoms with Gasteiger partial charge in [0.15, 0.2) is 0 Å². The van der Waals surface area contributed by atoms with Gasteiger partial charge in [-0.2, -0.15) is 10.2 Å². The van der Waals surface area contributed by atoms with Crippen molar-refractivity contribution in [2.24, 2.45) is 0 Å². The molecule has 0 spiro atoms. The van der Waals surface area contributed by atoms with Gasteiger partial charge >= 0.3 is 5.69 Å². The number of carbonyl (C=O) groups is 1. The third-order valence-corrected chi connectivity index (χ3v) is 3.99. The van der Waals surface area contributed by atoms with Crippen molar-refractivity contribution < 1.29 is 9.72 Å². The van der Waals surface area contributed by atoms with E-state index in [1.54, 1.807) is 32.0 Å². The first-order chi connectivity index (χ1) is 11.3. The first kappa shape index (κ1) is 17.6. The van der Waals surface area contributed by atoms with E-state index in [0.717, 1.165) is 12.2 Å². The van der Waals surface area contributed by atoms with E-state index in [1.165, 1.54) is 4.68 Å². The summed E-state index contributed by atoms with van der Waals surface area (Å²) >= 11 is 0. The highest BCUT2D eigenvalue weighted by atomic mass is 16.6. The van der Waals surface area contributed by atoms with E-state index in [9.17, 15) is 14.9 Å². The van der Waals surface area contributed by atoms with E-state index in [4.69, 9.17) is 0 Å². The topological polar surface area (TPSA) is 99.1 Å². The summed E-state index contributed by atoms with van der Waals surface area (Å²) in [4.78, 5) is 24.5. The molecule has 9 nitrogen and oxygen atoms in total. The minimum atomic E-state index is -0.436. The van der Waals surface area contributed by atoms with Gasteiger partial charge in [-0.1, -0.05) is 0 Å². The smallest absolute Gasteiger partial charge is 0.312 e. The van der Waals surface area contributed by atoms with Gasteiger partial charge in [-0.15, -0.1) is 0 Å². The summed E-state index contributed by atoms with van der Waals surface area (Å²) in [5.74, 6) is -0.0472. The van der Waals surface area contributed by atoms with E-state index < -0.39 is 4.92 Å². The Balaban J connectivity index is 1.98. The number of aryl methyl sites for hydroxylation is 3. The second-order valence-corrected chi connectivity index (χ2v) is 5.64. The molecule has 0 aliphatic carbocycles. The van der Waals surface area contributed by atoms with Crippen molar-refractivity contribution in [2.75, 3.05) is 7.05 Å². The number of nitrogens with zero attached hydrogens (tertiary/aromatic N) is 6. The Bertz CT molecular complexity index is 748. The molecule has 1 amide bonds. The molecule has 0 bridgehead atoms. The second kappa shape index (κ2) is 7.24. The number of amides is 1. The summed E-state index contributed by atoms with van der Waals surface area (Å²) < 4.78 is 3.36. The van der Waals surface area contributed by atoms with Gasteiger partial charge in [0, 0.05) is 26.2 Å². The molecule has 0 N–H and O–H groups in total. The molecule has 24 heavy (non-hydrogen) atoms. The molecule has 0 fully saturated rings. The molecule has 130 valence electrons. The number of hydrogen-bond donors (Lipinski definition) is 0. The van der Waals surface area contributed by atoms with Crippen LogP contribution in [0.3, 0.4) is 0 Å². The summed E-state index contributed by atoms with van der Waals surface area (Å²) in [6.45, 7) is 6.78. The minimum Gasteiger partial charge on any atom is -0.340 e. The van der Waals surface area contributed by atoms with Crippen LogP contribution in [-0.2, 0) is 24.4 Å². The van der Waals surface area contributed by atoms with Gasteiger partial charge < -0.3 is 4.90 Å². The fourth-order valence-electron chi connectivity index (χ4n) is 2.67. The van der Waals surface area contributed by atoms with E-state index in [0.29, 0.717) is 24.5 Å². The fraction of sp³-hybridized carbons (Fsp3) is 0.533. The lowest BCUT2D eigenvalue weighted by molar-refractivity contribution is -0.386. The SMILES string of the molecule is CCn1nccc1CN(C)C(=O)CCn1nc(C)c([N+](=O)[O-])c1C. The van der Waals surface area contributed by atoms with Crippen molar-refractivity contribution in [1.82, 2.24) is 24.5 Å². The van der Waals surface area contributed by atoms with E-state index in [2.05, 4.69) is 10.2 Å². The third-order valence-electron chi connectivity index (χ3n) is 3.99. The molecule has 0 saturated carbocycles. The predicted octanol–water partition coefficient (Wildman–Crippen LogP) is 1.67. The van der Waals surface area contributed by atoms with Crippen molar-refractivity contribution in [3.8, 4) is 0 Å². The van der Waals surface area contributed by atoms with E-state index in [-0.39, 0.29) is 18.0 Å². The van der Waals surface area contributed by atoms with Gasteiger partial charge in [0.05, 0.1) is 23.7 Å². The van der Waals surface area contributed by atoms with E-state index >= 15 is 0 Å². The summed E-state index contributed by atoms with van der Waals surface area (Å²) in [5.41, 5.74) is 1.82. The number of rotatable bonds is 7. The maximum absolute atomic E-state index is 12.3. The normalized spacial score (nSPS) is 10.8. The fourth-order valence-corrected chi connectivity index (χ4v) is 2.67. The molecule has 2 heterocycles. The molecule has 0 aliphatic rings. The van der Waals surface area contributed by atoms with Crippen molar-refractivity contribution in [2.45, 2.75) is 46.8 Å². The summed E-state index contributed by atoms with van der Waals surface area (Å²) in [5, 5.41) is 19.3. The molecule has 0 aliphatic heterocycles. The Morgan fingerprint density at radius 3 is 2.67 bits per heavy atom. The van der Waals surface area contributed by atoms with Crippen molar-refractivity contribution in [1.29, 1.82) is 0 Å². The van der Waals surface area contributed by atoms with Crippen LogP contribution in [-0.4, -0.2) is 42.3 Å². The average Bonchev–Trinajstić information content (AvgIpc) is 3.08. The van der Waals surface area contributed by atoms with Gasteiger partial charge in [0.25, 0.3) is 0 Å². The van der Waals surface area contributed by atoms with Gasteiger partial charge in [0.2, 0.25) is 5.91 Å². The van der Waals surface area contributed by atoms with Crippen molar-refractivity contribution >= 4 is 11.6 Å². The Hall–Kier alpha value is -2.71. The lowest BCUT2D eigenvalue weighted by Crippen LogP contribution is -2.28. The van der Waals surface area contributed by atoms with Crippen LogP contribution in [0.5, 0.6) is 0 Å². The molecule has 2 rings (SSSR count). The molecule has 0 unspecified atom stereocenters. The Morgan fingerprint density at radius 2 is 2.08 bits per heavy atom. The van der Waals surface area contributed by atoms with Gasteiger partial charge in [-0.05, 0) is 26.8 Å². The highest BCUT2D eigenvalue weighted by Crippen LogP contribution is 2.21. The highest BCUT2D eigenvalue weighted by Gasteiger charge is 2.22. The Morgan fingerprint density at radius 1 is 1.38 bits per heavy atom. The Labute approximate surface area is 140 Å². The molecule has 9 heteroatoms. The molecular formula is C15H22N6O3. The van der Waals surface area contributed by atoms with Gasteiger partial charge in [-0.25, -0.2) is 0 Å². The van der Waals surface area contributed by atoms with Gasteiger partial charge in [0.1, 0.15) is 11.4 Å². The maximum atomic E-state index is 12.3. The lowest BCUT2D eigenvalue weighted by atomic mass is 10.3. The average molecular weight is 334 g/mol. The van der Waals surface area contributed by atoms with Crippen LogP contribution in [0.15, 0.2) is 12.3 Å². The van der Waals surface area contributed by atoms with Crippen LogP contribution < -0.4 is 0 Å². The quantitative estimate of drug-likeness (QED) is 0.566. The van der Waals surface area contributed by atoms with Crippen molar-refractivity contribution in [3.63, 3.8) is 0 Å². The van der Waals surface area contributed by atoms with Crippen molar-refractivity contribution in [3.05, 3.63) is 39.5 Å². The zero-order chi connectivity index (χ0) is 17.9. The molecule has 2 aromatic heterocycles. The second-order valence-electron chi connectivity index (χ2n) is 5.64. The predicted molar refractivity (Wildman–Crippen MR) is 87.3 cm³/mol. The highest BCUT2D eigenvalue weighted by molar-refractivity contribution is 5.75. The standard InChI is InChI=1S/C15H22N6O3/c1-5-19-13(6-8-16-19)10-18(4)14(22)7-9-20-12(3)15(21(23)24)11(2)17-20/h6,8H,5,7,9-10H2,1-4H3. The molecular weight excluding hydrogens is 312 g/mol. The molecule has 0 atom stereocenters. The molecule has 2 aromatic rings.